The molecule has 0 N–H and O–H groups in total. The third-order valence-corrected chi connectivity index (χ3v) is 4.04. The first-order chi connectivity index (χ1) is 8.75. The summed E-state index contributed by atoms with van der Waals surface area (Å²) in [7, 11) is 0. The molecule has 0 aromatic heterocycles. The van der Waals surface area contributed by atoms with Gasteiger partial charge in [-0.1, -0.05) is 6.07 Å². The highest BCUT2D eigenvalue weighted by molar-refractivity contribution is 5.93. The lowest BCUT2D eigenvalue weighted by Crippen LogP contribution is -2.33. The quantitative estimate of drug-likeness (QED) is 0.758. The number of rotatable bonds is 1. The fourth-order valence-electron chi connectivity index (χ4n) is 3.06. The first-order valence-electron chi connectivity index (χ1n) is 6.92. The number of hydrogen-bond acceptors (Lipinski definition) is 2. The Morgan fingerprint density at radius 3 is 2.61 bits per heavy atom. The van der Waals surface area contributed by atoms with Crippen molar-refractivity contribution < 1.29 is 4.79 Å². The van der Waals surface area contributed by atoms with Crippen LogP contribution in [0.15, 0.2) is 18.2 Å². The number of carbonyl (C=O) groups excluding carboxylic acids is 1. The van der Waals surface area contributed by atoms with Gasteiger partial charge in [-0.3, -0.25) is 4.79 Å². The van der Waals surface area contributed by atoms with Gasteiger partial charge in [-0.15, -0.1) is 0 Å². The van der Waals surface area contributed by atoms with E-state index in [4.69, 9.17) is 0 Å². The zero-order chi connectivity index (χ0) is 12.5. The molecule has 0 atom stereocenters. The van der Waals surface area contributed by atoms with Crippen LogP contribution in [0.3, 0.4) is 0 Å². The van der Waals surface area contributed by atoms with Gasteiger partial charge >= 0.3 is 0 Å². The van der Waals surface area contributed by atoms with E-state index in [0.717, 1.165) is 38.2 Å². The number of amides is 1. The van der Waals surface area contributed by atoms with E-state index in [2.05, 4.69) is 23.1 Å². The number of benzene rings is 1. The average molecular weight is 244 g/mol. The van der Waals surface area contributed by atoms with Crippen molar-refractivity contribution in [2.75, 3.05) is 29.4 Å². The van der Waals surface area contributed by atoms with E-state index in [-0.39, 0.29) is 5.91 Å². The van der Waals surface area contributed by atoms with Crippen molar-refractivity contribution in [2.45, 2.75) is 32.6 Å². The Morgan fingerprint density at radius 1 is 1.11 bits per heavy atom. The number of hydrogen-bond donors (Lipinski definition) is 0. The van der Waals surface area contributed by atoms with E-state index in [0.29, 0.717) is 0 Å². The Balaban J connectivity index is 1.96. The molecule has 18 heavy (non-hydrogen) atoms. The molecule has 1 aromatic rings. The lowest BCUT2D eigenvalue weighted by atomic mass is 10.0. The fourth-order valence-corrected chi connectivity index (χ4v) is 3.06. The third-order valence-electron chi connectivity index (χ3n) is 4.04. The summed E-state index contributed by atoms with van der Waals surface area (Å²) in [5.41, 5.74) is 3.73. The van der Waals surface area contributed by atoms with Gasteiger partial charge in [-0.25, -0.2) is 0 Å². The van der Waals surface area contributed by atoms with Crippen molar-refractivity contribution in [3.63, 3.8) is 0 Å². The molecule has 2 heterocycles. The highest BCUT2D eigenvalue weighted by atomic mass is 16.2. The maximum Gasteiger partial charge on any atom is 0.223 e. The van der Waals surface area contributed by atoms with Gasteiger partial charge < -0.3 is 9.80 Å². The minimum Gasteiger partial charge on any atom is -0.371 e. The summed E-state index contributed by atoms with van der Waals surface area (Å²) in [6, 6.07) is 6.63. The molecule has 1 saturated heterocycles. The fraction of sp³-hybridized carbons (Fsp3) is 0.533. The van der Waals surface area contributed by atoms with E-state index in [1.54, 1.807) is 6.92 Å². The molecule has 0 bridgehead atoms. The molecule has 0 unspecified atom stereocenters. The van der Waals surface area contributed by atoms with Crippen LogP contribution in [0.4, 0.5) is 11.4 Å². The van der Waals surface area contributed by atoms with Gasteiger partial charge in [0.05, 0.1) is 0 Å². The largest absolute Gasteiger partial charge is 0.371 e. The van der Waals surface area contributed by atoms with E-state index >= 15 is 0 Å². The Labute approximate surface area is 108 Å². The molecule has 1 amide bonds. The first-order valence-corrected chi connectivity index (χ1v) is 6.92. The molecule has 2 aliphatic heterocycles. The van der Waals surface area contributed by atoms with Crippen LogP contribution in [0.1, 0.15) is 31.7 Å². The predicted octanol–water partition coefficient (Wildman–Crippen LogP) is 2.59. The number of nitrogens with zero attached hydrogens (tertiary/aromatic N) is 2. The molecule has 0 saturated carbocycles. The minimum atomic E-state index is 0.162. The van der Waals surface area contributed by atoms with Gasteiger partial charge in [0.1, 0.15) is 0 Å². The summed E-state index contributed by atoms with van der Waals surface area (Å²) < 4.78 is 0. The van der Waals surface area contributed by atoms with Crippen LogP contribution < -0.4 is 9.80 Å². The van der Waals surface area contributed by atoms with Gasteiger partial charge in [0.25, 0.3) is 0 Å². The highest BCUT2D eigenvalue weighted by Gasteiger charge is 2.21. The topological polar surface area (TPSA) is 23.6 Å². The smallest absolute Gasteiger partial charge is 0.223 e. The van der Waals surface area contributed by atoms with Gasteiger partial charge in [0.15, 0.2) is 0 Å². The van der Waals surface area contributed by atoms with E-state index in [9.17, 15) is 4.79 Å². The second-order valence-corrected chi connectivity index (χ2v) is 5.28. The van der Waals surface area contributed by atoms with Crippen molar-refractivity contribution in [1.29, 1.82) is 0 Å². The summed E-state index contributed by atoms with van der Waals surface area (Å²) in [5.74, 6) is 0.162. The SMILES string of the molecule is CC(=O)N1CCCc2ccc(N3CCCC3)cc21. The van der Waals surface area contributed by atoms with Crippen LogP contribution in [-0.2, 0) is 11.2 Å². The second-order valence-electron chi connectivity index (χ2n) is 5.28. The molecule has 0 spiro atoms. The molecule has 1 fully saturated rings. The summed E-state index contributed by atoms with van der Waals surface area (Å²) in [5, 5.41) is 0. The van der Waals surface area contributed by atoms with E-state index < -0.39 is 0 Å². The van der Waals surface area contributed by atoms with Crippen LogP contribution in [0.2, 0.25) is 0 Å². The Kier molecular flexibility index (Phi) is 2.98. The van der Waals surface area contributed by atoms with Gasteiger partial charge in [-0.05, 0) is 43.4 Å². The van der Waals surface area contributed by atoms with Gasteiger partial charge in [0.2, 0.25) is 5.91 Å². The van der Waals surface area contributed by atoms with Crippen molar-refractivity contribution in [3.8, 4) is 0 Å². The van der Waals surface area contributed by atoms with Crippen LogP contribution in [0, 0.1) is 0 Å². The molecule has 3 nitrogen and oxygen atoms in total. The summed E-state index contributed by atoms with van der Waals surface area (Å²) in [6.45, 7) is 4.83. The van der Waals surface area contributed by atoms with E-state index in [1.165, 1.54) is 24.1 Å². The lowest BCUT2D eigenvalue weighted by molar-refractivity contribution is -0.116. The summed E-state index contributed by atoms with van der Waals surface area (Å²) >= 11 is 0. The second kappa shape index (κ2) is 4.63. The molecular formula is C15H20N2O. The third kappa shape index (κ3) is 1.98. The zero-order valence-electron chi connectivity index (χ0n) is 11.0. The summed E-state index contributed by atoms with van der Waals surface area (Å²) in [4.78, 5) is 16.1. The maximum absolute atomic E-state index is 11.7. The molecule has 1 aromatic carbocycles. The van der Waals surface area contributed by atoms with Gasteiger partial charge in [0, 0.05) is 37.9 Å². The Bertz CT molecular complexity index is 464. The Hall–Kier alpha value is -1.51. The van der Waals surface area contributed by atoms with Crippen molar-refractivity contribution in [1.82, 2.24) is 0 Å². The first kappa shape index (κ1) is 11.6. The lowest BCUT2D eigenvalue weighted by Gasteiger charge is -2.30. The number of fused-ring (bicyclic) bond motifs is 1. The highest BCUT2D eigenvalue weighted by Crippen LogP contribution is 2.32. The summed E-state index contributed by atoms with van der Waals surface area (Å²) in [6.07, 6.45) is 4.75. The average Bonchev–Trinajstić information content (AvgIpc) is 2.91. The number of anilines is 2. The molecule has 0 radical (unpaired) electrons. The molecule has 96 valence electrons. The van der Waals surface area contributed by atoms with Crippen LogP contribution in [0.25, 0.3) is 0 Å². The van der Waals surface area contributed by atoms with Crippen molar-refractivity contribution in [2.24, 2.45) is 0 Å². The normalized spacial score (nSPS) is 18.9. The monoisotopic (exact) mass is 244 g/mol. The van der Waals surface area contributed by atoms with Crippen LogP contribution >= 0.6 is 0 Å². The minimum absolute atomic E-state index is 0.162. The predicted molar refractivity (Wildman–Crippen MR) is 74.2 cm³/mol. The molecule has 0 aliphatic carbocycles. The van der Waals surface area contributed by atoms with Gasteiger partial charge in [-0.2, -0.15) is 0 Å². The number of aryl methyl sites for hydroxylation is 1. The van der Waals surface area contributed by atoms with Crippen molar-refractivity contribution >= 4 is 17.3 Å². The number of carbonyl (C=O) groups is 1. The molecule has 3 rings (SSSR count). The Morgan fingerprint density at radius 2 is 1.89 bits per heavy atom. The maximum atomic E-state index is 11.7. The van der Waals surface area contributed by atoms with E-state index in [1.807, 2.05) is 4.90 Å². The van der Waals surface area contributed by atoms with Crippen molar-refractivity contribution in [3.05, 3.63) is 23.8 Å². The zero-order valence-corrected chi connectivity index (χ0v) is 11.0. The molecule has 3 heteroatoms. The van der Waals surface area contributed by atoms with Crippen LogP contribution in [0.5, 0.6) is 0 Å². The van der Waals surface area contributed by atoms with Crippen LogP contribution in [-0.4, -0.2) is 25.5 Å². The standard InChI is InChI=1S/C15H20N2O/c1-12(18)17-10-4-5-13-6-7-14(11-15(13)17)16-8-2-3-9-16/h6-7,11H,2-5,8-10H2,1H3. The molecule has 2 aliphatic rings. The molecular weight excluding hydrogens is 224 g/mol.